The smallest absolute Gasteiger partial charge is 0.254 e. The highest BCUT2D eigenvalue weighted by atomic mass is 32.2. The van der Waals surface area contributed by atoms with Crippen molar-refractivity contribution in [3.63, 3.8) is 0 Å². The van der Waals surface area contributed by atoms with E-state index in [2.05, 4.69) is 10.0 Å². The van der Waals surface area contributed by atoms with Crippen molar-refractivity contribution in [2.75, 3.05) is 16.6 Å². The van der Waals surface area contributed by atoms with Crippen LogP contribution in [0.5, 0.6) is 0 Å². The lowest BCUT2D eigenvalue weighted by Crippen LogP contribution is -2.27. The number of benzene rings is 2. The van der Waals surface area contributed by atoms with E-state index < -0.39 is 16.8 Å². The van der Waals surface area contributed by atoms with Gasteiger partial charge < -0.3 is 14.8 Å². The Labute approximate surface area is 208 Å². The number of aryl methyl sites for hydroxylation is 2. The second kappa shape index (κ2) is 10.7. The first kappa shape index (κ1) is 25.1. The Morgan fingerprint density at radius 1 is 1.09 bits per heavy atom. The fourth-order valence-corrected chi connectivity index (χ4v) is 5.48. The predicted octanol–water partition coefficient (Wildman–Crippen LogP) is 5.49. The van der Waals surface area contributed by atoms with E-state index in [-0.39, 0.29) is 16.0 Å². The highest BCUT2D eigenvalue weighted by Crippen LogP contribution is 2.46. The van der Waals surface area contributed by atoms with E-state index in [4.69, 9.17) is 4.74 Å². The summed E-state index contributed by atoms with van der Waals surface area (Å²) in [6.45, 7) is 4.69. The van der Waals surface area contributed by atoms with Crippen LogP contribution >= 0.6 is 0 Å². The van der Waals surface area contributed by atoms with Crippen LogP contribution in [-0.4, -0.2) is 20.1 Å². The number of nitrogens with zero attached hydrogens (tertiary/aromatic N) is 1. The van der Waals surface area contributed by atoms with Crippen LogP contribution in [0.3, 0.4) is 0 Å². The Bertz CT molecular complexity index is 1270. The van der Waals surface area contributed by atoms with Crippen LogP contribution < -0.4 is 15.6 Å². The van der Waals surface area contributed by atoms with Crippen LogP contribution in [0, 0.1) is 19.7 Å². The number of halogens is 1. The summed E-state index contributed by atoms with van der Waals surface area (Å²) in [6.07, 6.45) is 3.32. The van der Waals surface area contributed by atoms with Gasteiger partial charge in [-0.15, -0.1) is 0 Å². The van der Waals surface area contributed by atoms with Gasteiger partial charge in [-0.2, -0.15) is 0 Å². The van der Waals surface area contributed by atoms with Gasteiger partial charge in [0, 0.05) is 19.2 Å². The minimum absolute atomic E-state index is 0.201. The van der Waals surface area contributed by atoms with Crippen molar-refractivity contribution in [1.29, 1.82) is 0 Å². The van der Waals surface area contributed by atoms with Crippen molar-refractivity contribution in [2.24, 2.45) is 7.05 Å². The molecule has 8 heteroatoms. The highest BCUT2D eigenvalue weighted by molar-refractivity contribution is 7.88. The first-order chi connectivity index (χ1) is 16.8. The summed E-state index contributed by atoms with van der Waals surface area (Å²) in [4.78, 5) is 12.6. The first-order valence-corrected chi connectivity index (χ1v) is 13.0. The summed E-state index contributed by atoms with van der Waals surface area (Å²) in [5, 5.41) is 3.03. The molecular formula is C27H32FN3O3S. The quantitative estimate of drug-likeness (QED) is 0.344. The third kappa shape index (κ3) is 6.00. The maximum Gasteiger partial charge on any atom is 0.254 e. The molecule has 1 aliphatic rings. The van der Waals surface area contributed by atoms with Gasteiger partial charge in [0.15, 0.2) is 0 Å². The van der Waals surface area contributed by atoms with Crippen molar-refractivity contribution < 1.29 is 13.3 Å². The van der Waals surface area contributed by atoms with Gasteiger partial charge in [0.1, 0.15) is 22.6 Å². The van der Waals surface area contributed by atoms with Crippen molar-refractivity contribution in [2.45, 2.75) is 50.9 Å². The van der Waals surface area contributed by atoms with Gasteiger partial charge in [-0.25, -0.2) is 8.60 Å². The van der Waals surface area contributed by atoms with Crippen LogP contribution in [-0.2, 0) is 29.4 Å². The van der Waals surface area contributed by atoms with E-state index in [9.17, 15) is 13.4 Å². The standard InChI is InChI=1S/C27H32FN3O3S/c1-19-10-11-23(22(28)16-19)29-25-24(17-20(2)26(32)31(25)3)30-35(33)27(13-14-27)12-7-15-34-18-21-8-5-4-6-9-21/h4-6,8-11,16-17,29-30H,7,12-15,18H2,1-3H3. The van der Waals surface area contributed by atoms with Gasteiger partial charge in [0.2, 0.25) is 0 Å². The van der Waals surface area contributed by atoms with Gasteiger partial charge in [-0.05, 0) is 68.9 Å². The summed E-state index contributed by atoms with van der Waals surface area (Å²) in [5.74, 6) is -0.0436. The van der Waals surface area contributed by atoms with Crippen LogP contribution in [0.25, 0.3) is 0 Å². The molecule has 2 aromatic carbocycles. The number of anilines is 3. The molecule has 1 saturated carbocycles. The van der Waals surface area contributed by atoms with Gasteiger partial charge in [0.05, 0.1) is 22.7 Å². The average Bonchev–Trinajstić information content (AvgIpc) is 3.63. The molecule has 1 unspecified atom stereocenters. The molecule has 0 aliphatic heterocycles. The van der Waals surface area contributed by atoms with Gasteiger partial charge in [0.25, 0.3) is 5.56 Å². The molecule has 3 aromatic rings. The van der Waals surface area contributed by atoms with Crippen molar-refractivity contribution in [3.05, 3.63) is 87.5 Å². The second-order valence-corrected chi connectivity index (χ2v) is 10.9. The van der Waals surface area contributed by atoms with Crippen molar-refractivity contribution in [1.82, 2.24) is 4.57 Å². The normalized spacial score (nSPS) is 15.0. The molecule has 186 valence electrons. The van der Waals surface area contributed by atoms with E-state index in [0.29, 0.717) is 30.3 Å². The van der Waals surface area contributed by atoms with E-state index in [1.807, 2.05) is 37.3 Å². The minimum Gasteiger partial charge on any atom is -0.377 e. The fraction of sp³-hybridized carbons (Fsp3) is 0.370. The predicted molar refractivity (Wildman–Crippen MR) is 140 cm³/mol. The number of rotatable bonds is 11. The molecule has 1 aliphatic carbocycles. The van der Waals surface area contributed by atoms with Crippen molar-refractivity contribution in [3.8, 4) is 0 Å². The Morgan fingerprint density at radius 2 is 1.83 bits per heavy atom. The van der Waals surface area contributed by atoms with Gasteiger partial charge in [-0.3, -0.25) is 9.36 Å². The average molecular weight is 498 g/mol. The lowest BCUT2D eigenvalue weighted by atomic mass is 10.2. The Balaban J connectivity index is 1.43. The van der Waals surface area contributed by atoms with Crippen LogP contribution in [0.4, 0.5) is 21.6 Å². The molecule has 0 radical (unpaired) electrons. The number of hydrogen-bond acceptors (Lipinski definition) is 4. The molecular weight excluding hydrogens is 465 g/mol. The number of aromatic nitrogens is 1. The Hall–Kier alpha value is -2.97. The zero-order valence-corrected chi connectivity index (χ0v) is 21.2. The van der Waals surface area contributed by atoms with E-state index >= 15 is 0 Å². The maximum absolute atomic E-state index is 14.5. The Morgan fingerprint density at radius 3 is 2.51 bits per heavy atom. The highest BCUT2D eigenvalue weighted by Gasteiger charge is 2.48. The molecule has 4 rings (SSSR count). The summed E-state index contributed by atoms with van der Waals surface area (Å²) in [5.41, 5.74) is 3.01. The molecule has 0 spiro atoms. The molecule has 1 heterocycles. The topological polar surface area (TPSA) is 72.4 Å². The second-order valence-electron chi connectivity index (χ2n) is 9.26. The SMILES string of the molecule is Cc1ccc(Nc2c(NS(=O)C3(CCCOCc4ccccc4)CC3)cc(C)c(=O)n2C)c(F)c1. The molecule has 35 heavy (non-hydrogen) atoms. The van der Waals surface area contributed by atoms with Gasteiger partial charge in [-0.1, -0.05) is 36.4 Å². The number of pyridine rings is 1. The largest absolute Gasteiger partial charge is 0.377 e. The fourth-order valence-electron chi connectivity index (χ4n) is 4.11. The number of ether oxygens (including phenoxy) is 1. The zero-order chi connectivity index (χ0) is 25.0. The van der Waals surface area contributed by atoms with E-state index in [0.717, 1.165) is 36.8 Å². The van der Waals surface area contributed by atoms with E-state index in [1.165, 1.54) is 10.6 Å². The molecule has 0 bridgehead atoms. The van der Waals surface area contributed by atoms with Gasteiger partial charge >= 0.3 is 0 Å². The lowest BCUT2D eigenvalue weighted by Gasteiger charge is -2.21. The summed E-state index contributed by atoms with van der Waals surface area (Å²) in [6, 6.07) is 16.6. The zero-order valence-electron chi connectivity index (χ0n) is 20.4. The molecule has 0 saturated heterocycles. The van der Waals surface area contributed by atoms with Crippen molar-refractivity contribution >= 4 is 28.2 Å². The third-order valence-corrected chi connectivity index (χ3v) is 8.21. The number of nitrogens with one attached hydrogen (secondary N) is 2. The molecule has 1 fully saturated rings. The minimum atomic E-state index is -1.37. The maximum atomic E-state index is 14.5. The summed E-state index contributed by atoms with van der Waals surface area (Å²) >= 11 is 0. The lowest BCUT2D eigenvalue weighted by molar-refractivity contribution is 0.117. The Kier molecular flexibility index (Phi) is 7.72. The summed E-state index contributed by atoms with van der Waals surface area (Å²) in [7, 11) is 0.253. The van der Waals surface area contributed by atoms with Crippen LogP contribution in [0.15, 0.2) is 59.4 Å². The first-order valence-electron chi connectivity index (χ1n) is 11.8. The van der Waals surface area contributed by atoms with E-state index in [1.54, 1.807) is 32.2 Å². The van der Waals surface area contributed by atoms with Crippen LogP contribution in [0.1, 0.15) is 42.4 Å². The molecule has 0 amide bonds. The molecule has 2 N–H and O–H groups in total. The third-order valence-electron chi connectivity index (χ3n) is 6.41. The summed E-state index contributed by atoms with van der Waals surface area (Å²) < 4.78 is 37.9. The molecule has 6 nitrogen and oxygen atoms in total. The monoisotopic (exact) mass is 497 g/mol. The number of hydrogen-bond donors (Lipinski definition) is 2. The van der Waals surface area contributed by atoms with Crippen LogP contribution in [0.2, 0.25) is 0 Å². The molecule has 1 aromatic heterocycles. The molecule has 1 atom stereocenters.